The van der Waals surface area contributed by atoms with Gasteiger partial charge in [-0.05, 0) is 44.9 Å². The molecule has 2 unspecified atom stereocenters. The molecule has 1 amide bonds. The Morgan fingerprint density at radius 3 is 2.65 bits per heavy atom. The molecular formula is C15H20ClFN2O. The molecule has 0 spiro atoms. The highest BCUT2D eigenvalue weighted by atomic mass is 35.5. The van der Waals surface area contributed by atoms with Crippen molar-refractivity contribution in [2.75, 3.05) is 11.9 Å². The minimum absolute atomic E-state index is 0.0162. The summed E-state index contributed by atoms with van der Waals surface area (Å²) < 4.78 is 13.1. The Bertz CT molecular complexity index is 485. The molecule has 1 aliphatic rings. The van der Waals surface area contributed by atoms with Crippen LogP contribution < -0.4 is 5.32 Å². The van der Waals surface area contributed by atoms with Crippen LogP contribution in [0.1, 0.15) is 33.1 Å². The molecule has 20 heavy (non-hydrogen) atoms. The third kappa shape index (κ3) is 3.70. The summed E-state index contributed by atoms with van der Waals surface area (Å²) >= 11 is 5.70. The first-order valence-electron chi connectivity index (χ1n) is 6.98. The highest BCUT2D eigenvalue weighted by Crippen LogP contribution is 2.23. The van der Waals surface area contributed by atoms with Crippen molar-refractivity contribution in [3.05, 3.63) is 29.0 Å². The lowest BCUT2D eigenvalue weighted by atomic mass is 9.97. The van der Waals surface area contributed by atoms with Crippen LogP contribution in [0.4, 0.5) is 10.1 Å². The van der Waals surface area contributed by atoms with Crippen LogP contribution in [0, 0.1) is 5.82 Å². The normalized spacial score (nSPS) is 23.6. The summed E-state index contributed by atoms with van der Waals surface area (Å²) in [6.45, 7) is 4.66. The fourth-order valence-corrected chi connectivity index (χ4v) is 2.91. The van der Waals surface area contributed by atoms with Gasteiger partial charge in [0.25, 0.3) is 0 Å². The van der Waals surface area contributed by atoms with Crippen LogP contribution in [0.25, 0.3) is 0 Å². The van der Waals surface area contributed by atoms with Crippen molar-refractivity contribution in [3.63, 3.8) is 0 Å². The molecule has 1 aromatic rings. The number of piperidine rings is 1. The summed E-state index contributed by atoms with van der Waals surface area (Å²) in [5.74, 6) is -0.573. The number of nitrogens with one attached hydrogen (secondary N) is 1. The van der Waals surface area contributed by atoms with E-state index in [4.69, 9.17) is 11.6 Å². The van der Waals surface area contributed by atoms with E-state index in [1.165, 1.54) is 24.6 Å². The molecule has 1 heterocycles. The van der Waals surface area contributed by atoms with Crippen molar-refractivity contribution in [2.24, 2.45) is 0 Å². The monoisotopic (exact) mass is 298 g/mol. The Kier molecular flexibility index (Phi) is 5.00. The summed E-state index contributed by atoms with van der Waals surface area (Å²) in [7, 11) is 0. The molecule has 0 aromatic heterocycles. The van der Waals surface area contributed by atoms with Gasteiger partial charge in [-0.1, -0.05) is 18.0 Å². The average molecular weight is 299 g/mol. The van der Waals surface area contributed by atoms with Crippen LogP contribution in [-0.2, 0) is 4.79 Å². The molecule has 2 rings (SSSR count). The van der Waals surface area contributed by atoms with Crippen LogP contribution >= 0.6 is 11.6 Å². The second-order valence-electron chi connectivity index (χ2n) is 5.48. The molecule has 5 heteroatoms. The zero-order valence-electron chi connectivity index (χ0n) is 11.8. The van der Waals surface area contributed by atoms with Gasteiger partial charge in [0.2, 0.25) is 5.91 Å². The third-order valence-corrected chi connectivity index (χ3v) is 4.20. The maximum atomic E-state index is 13.1. The number of amides is 1. The third-order valence-electron chi connectivity index (χ3n) is 3.91. The van der Waals surface area contributed by atoms with Gasteiger partial charge in [-0.25, -0.2) is 4.39 Å². The number of hydrogen-bond acceptors (Lipinski definition) is 2. The summed E-state index contributed by atoms with van der Waals surface area (Å²) in [5, 5.41) is 2.78. The van der Waals surface area contributed by atoms with E-state index in [0.717, 1.165) is 12.8 Å². The second kappa shape index (κ2) is 6.55. The van der Waals surface area contributed by atoms with Gasteiger partial charge < -0.3 is 5.32 Å². The minimum atomic E-state index is -0.483. The molecule has 110 valence electrons. The zero-order valence-corrected chi connectivity index (χ0v) is 12.6. The zero-order chi connectivity index (χ0) is 14.7. The molecule has 1 saturated heterocycles. The van der Waals surface area contributed by atoms with Gasteiger partial charge in [-0.2, -0.15) is 0 Å². The first-order chi connectivity index (χ1) is 9.47. The second-order valence-corrected chi connectivity index (χ2v) is 5.89. The minimum Gasteiger partial charge on any atom is -0.325 e. The van der Waals surface area contributed by atoms with Crippen molar-refractivity contribution in [1.82, 2.24) is 4.90 Å². The highest BCUT2D eigenvalue weighted by Gasteiger charge is 2.26. The molecule has 1 aromatic carbocycles. The fourth-order valence-electron chi connectivity index (χ4n) is 2.73. The fraction of sp³-hybridized carbons (Fsp3) is 0.533. The lowest BCUT2D eigenvalue weighted by molar-refractivity contribution is -0.118. The van der Waals surface area contributed by atoms with Gasteiger partial charge in [-0.3, -0.25) is 9.69 Å². The first-order valence-corrected chi connectivity index (χ1v) is 7.36. The van der Waals surface area contributed by atoms with Crippen molar-refractivity contribution >= 4 is 23.2 Å². The van der Waals surface area contributed by atoms with E-state index in [-0.39, 0.29) is 10.9 Å². The Morgan fingerprint density at radius 1 is 1.40 bits per heavy atom. The number of hydrogen-bond donors (Lipinski definition) is 1. The molecule has 0 saturated carbocycles. The van der Waals surface area contributed by atoms with Gasteiger partial charge in [0.15, 0.2) is 0 Å². The first kappa shape index (κ1) is 15.3. The summed E-state index contributed by atoms with van der Waals surface area (Å²) in [6, 6.07) is 5.03. The Morgan fingerprint density at radius 2 is 2.05 bits per heavy atom. The Balaban J connectivity index is 1.96. The van der Waals surface area contributed by atoms with Crippen molar-refractivity contribution < 1.29 is 9.18 Å². The molecule has 0 bridgehead atoms. The van der Waals surface area contributed by atoms with Crippen LogP contribution in [-0.4, -0.2) is 29.4 Å². The standard InChI is InChI=1S/C15H20ClFN2O/c1-10-4-3-5-11(2)19(10)9-15(20)18-12-6-7-14(17)13(16)8-12/h6-8,10-11H,3-5,9H2,1-2H3,(H,18,20). The molecule has 1 N–H and O–H groups in total. The summed E-state index contributed by atoms with van der Waals surface area (Å²) in [6.07, 6.45) is 3.47. The van der Waals surface area contributed by atoms with Gasteiger partial charge in [0.1, 0.15) is 5.82 Å². The predicted octanol–water partition coefficient (Wildman–Crippen LogP) is 3.68. The lowest BCUT2D eigenvalue weighted by Crippen LogP contribution is -2.47. The van der Waals surface area contributed by atoms with Crippen LogP contribution in [0.2, 0.25) is 5.02 Å². The predicted molar refractivity (Wildman–Crippen MR) is 79.5 cm³/mol. The van der Waals surface area contributed by atoms with E-state index in [2.05, 4.69) is 24.1 Å². The Hall–Kier alpha value is -1.13. The van der Waals surface area contributed by atoms with E-state index >= 15 is 0 Å². The number of anilines is 1. The van der Waals surface area contributed by atoms with Crippen LogP contribution in [0.3, 0.4) is 0 Å². The van der Waals surface area contributed by atoms with E-state index in [1.54, 1.807) is 0 Å². The van der Waals surface area contributed by atoms with Gasteiger partial charge in [0, 0.05) is 17.8 Å². The number of halogens is 2. The number of rotatable bonds is 3. The molecule has 2 atom stereocenters. The van der Waals surface area contributed by atoms with Crippen LogP contribution in [0.15, 0.2) is 18.2 Å². The molecule has 0 aliphatic carbocycles. The smallest absolute Gasteiger partial charge is 0.238 e. The number of carbonyl (C=O) groups is 1. The van der Waals surface area contributed by atoms with E-state index < -0.39 is 5.82 Å². The molecule has 1 aliphatic heterocycles. The van der Waals surface area contributed by atoms with E-state index in [1.807, 2.05) is 0 Å². The Labute approximate surface area is 124 Å². The highest BCUT2D eigenvalue weighted by molar-refractivity contribution is 6.31. The largest absolute Gasteiger partial charge is 0.325 e. The van der Waals surface area contributed by atoms with Crippen LogP contribution in [0.5, 0.6) is 0 Å². The number of benzene rings is 1. The lowest BCUT2D eigenvalue weighted by Gasteiger charge is -2.38. The van der Waals surface area contributed by atoms with Gasteiger partial charge in [-0.15, -0.1) is 0 Å². The van der Waals surface area contributed by atoms with Crippen molar-refractivity contribution in [2.45, 2.75) is 45.2 Å². The molecule has 0 radical (unpaired) electrons. The van der Waals surface area contributed by atoms with E-state index in [9.17, 15) is 9.18 Å². The molecule has 1 fully saturated rings. The summed E-state index contributed by atoms with van der Waals surface area (Å²) in [4.78, 5) is 14.3. The SMILES string of the molecule is CC1CCCC(C)N1CC(=O)Nc1ccc(F)c(Cl)c1. The van der Waals surface area contributed by atoms with Gasteiger partial charge in [0.05, 0.1) is 11.6 Å². The quantitative estimate of drug-likeness (QED) is 0.923. The molecule has 3 nitrogen and oxygen atoms in total. The summed E-state index contributed by atoms with van der Waals surface area (Å²) in [5.41, 5.74) is 0.527. The average Bonchev–Trinajstić information content (AvgIpc) is 2.38. The van der Waals surface area contributed by atoms with Crippen molar-refractivity contribution in [1.29, 1.82) is 0 Å². The topological polar surface area (TPSA) is 32.3 Å². The molecular weight excluding hydrogens is 279 g/mol. The maximum Gasteiger partial charge on any atom is 0.238 e. The van der Waals surface area contributed by atoms with E-state index in [0.29, 0.717) is 24.3 Å². The maximum absolute atomic E-state index is 13.1. The number of carbonyl (C=O) groups excluding carboxylic acids is 1. The van der Waals surface area contributed by atoms with Crippen molar-refractivity contribution in [3.8, 4) is 0 Å². The van der Waals surface area contributed by atoms with Gasteiger partial charge >= 0.3 is 0 Å². The number of nitrogens with zero attached hydrogens (tertiary/aromatic N) is 1. The number of likely N-dealkylation sites (tertiary alicyclic amines) is 1.